The van der Waals surface area contributed by atoms with Crippen LogP contribution in [0.3, 0.4) is 0 Å². The number of hydrogen-bond acceptors (Lipinski definition) is 2. The van der Waals surface area contributed by atoms with Crippen LogP contribution in [0.15, 0.2) is 0 Å². The van der Waals surface area contributed by atoms with Crippen LogP contribution in [0.2, 0.25) is 20.1 Å². The Morgan fingerprint density at radius 3 is 1.25 bits per heavy atom. The minimum Gasteiger partial charge on any atom is -0.505 e. The lowest BCUT2D eigenvalue weighted by Crippen LogP contribution is -1.78. The summed E-state index contributed by atoms with van der Waals surface area (Å²) >= 11 is 21.9. The zero-order valence-corrected chi connectivity index (χ0v) is 8.43. The van der Waals surface area contributed by atoms with Gasteiger partial charge in [-0.2, -0.15) is 0 Å². The first-order valence-corrected chi connectivity index (χ1v) is 4.22. The molecule has 0 saturated heterocycles. The van der Waals surface area contributed by atoms with Crippen LogP contribution in [0.4, 0.5) is 0 Å². The van der Waals surface area contributed by atoms with Crippen LogP contribution in [0.5, 0.6) is 11.5 Å². The van der Waals surface area contributed by atoms with Crippen LogP contribution < -0.4 is 0 Å². The van der Waals surface area contributed by atoms with Crippen molar-refractivity contribution in [1.82, 2.24) is 0 Å². The van der Waals surface area contributed by atoms with E-state index in [9.17, 15) is 0 Å². The Morgan fingerprint density at radius 2 is 0.917 bits per heavy atom. The van der Waals surface area contributed by atoms with Crippen molar-refractivity contribution in [1.29, 1.82) is 0 Å². The molecule has 0 aromatic heterocycles. The molecule has 1 rings (SSSR count). The molecule has 0 saturated carbocycles. The van der Waals surface area contributed by atoms with E-state index in [0.717, 1.165) is 0 Å². The highest BCUT2D eigenvalue weighted by Crippen LogP contribution is 2.48. The van der Waals surface area contributed by atoms with Crippen LogP contribution in [0, 0.1) is 0 Å². The van der Waals surface area contributed by atoms with E-state index >= 15 is 0 Å². The van der Waals surface area contributed by atoms with Crippen molar-refractivity contribution in [3.8, 4) is 11.5 Å². The van der Waals surface area contributed by atoms with E-state index in [4.69, 9.17) is 56.6 Å². The Kier molecular flexibility index (Phi) is 2.84. The number of halogens is 4. The van der Waals surface area contributed by atoms with Gasteiger partial charge in [0.25, 0.3) is 0 Å². The third-order valence-electron chi connectivity index (χ3n) is 1.22. The van der Waals surface area contributed by atoms with Gasteiger partial charge in [-0.15, -0.1) is 0 Å². The van der Waals surface area contributed by atoms with Crippen molar-refractivity contribution < 1.29 is 10.2 Å². The van der Waals surface area contributed by atoms with E-state index in [1.807, 2.05) is 0 Å². The van der Waals surface area contributed by atoms with Gasteiger partial charge in [0.15, 0.2) is 11.5 Å². The van der Waals surface area contributed by atoms with Crippen LogP contribution in [-0.2, 0) is 0 Å². The molecule has 0 fully saturated rings. The molecule has 0 radical (unpaired) electrons. The summed E-state index contributed by atoms with van der Waals surface area (Å²) in [5, 5.41) is 17.5. The summed E-state index contributed by atoms with van der Waals surface area (Å²) in [5.41, 5.74) is 0. The van der Waals surface area contributed by atoms with Gasteiger partial charge in [-0.25, -0.2) is 0 Å². The summed E-state index contributed by atoms with van der Waals surface area (Å²) in [6.45, 7) is 0. The van der Waals surface area contributed by atoms with E-state index in [-0.39, 0.29) is 20.1 Å². The van der Waals surface area contributed by atoms with Gasteiger partial charge in [0, 0.05) is 0 Å². The fraction of sp³-hybridized carbons (Fsp3) is 0. The summed E-state index contributed by atoms with van der Waals surface area (Å²) in [4.78, 5) is 0. The van der Waals surface area contributed by atoms with Crippen molar-refractivity contribution in [2.24, 2.45) is 0 Å². The second-order valence-corrected chi connectivity index (χ2v) is 3.47. The summed E-state index contributed by atoms with van der Waals surface area (Å²) in [6, 6.07) is 0. The minimum absolute atomic E-state index is 0.127. The van der Waals surface area contributed by atoms with Crippen molar-refractivity contribution in [3.05, 3.63) is 20.1 Å². The molecule has 1 aromatic rings. The normalized spacial score (nSPS) is 10.3. The smallest absolute Gasteiger partial charge is 0.158 e. The van der Waals surface area contributed by atoms with Gasteiger partial charge in [0.05, 0.1) is 5.02 Å². The van der Waals surface area contributed by atoms with Crippen molar-refractivity contribution in [2.45, 2.75) is 0 Å². The van der Waals surface area contributed by atoms with Gasteiger partial charge in [-0.3, -0.25) is 0 Å². The quantitative estimate of drug-likeness (QED) is 0.542. The largest absolute Gasteiger partial charge is 0.505 e. The molecular weight excluding hydrogens is 246 g/mol. The molecule has 0 amide bonds. The number of benzene rings is 1. The Labute approximate surface area is 88.2 Å². The van der Waals surface area contributed by atoms with Crippen molar-refractivity contribution in [2.75, 3.05) is 0 Å². The first kappa shape index (κ1) is 10.1. The predicted molar refractivity (Wildman–Crippen MR) is 49.8 cm³/mol. The van der Waals surface area contributed by atoms with Crippen LogP contribution in [0.25, 0.3) is 0 Å². The lowest BCUT2D eigenvalue weighted by molar-refractivity contribution is 0.451. The molecular formula is C6H2Cl4O2. The Balaban J connectivity index is 3.60. The summed E-state index contributed by atoms with van der Waals surface area (Å²) in [5.74, 6) is -0.963. The molecule has 0 aliphatic heterocycles. The van der Waals surface area contributed by atoms with Gasteiger partial charge in [0.2, 0.25) is 0 Å². The van der Waals surface area contributed by atoms with Crippen LogP contribution in [-0.4, -0.2) is 10.2 Å². The molecule has 0 spiro atoms. The zero-order valence-electron chi connectivity index (χ0n) is 5.41. The summed E-state index contributed by atoms with van der Waals surface area (Å²) in [6.07, 6.45) is 0. The molecule has 6 heteroatoms. The van der Waals surface area contributed by atoms with Gasteiger partial charge in [-0.05, 0) is 0 Å². The molecule has 2 N–H and O–H groups in total. The number of phenolic OH excluding ortho intramolecular Hbond substituents is 2. The molecule has 0 aliphatic rings. The Morgan fingerprint density at radius 1 is 0.583 bits per heavy atom. The standard InChI is InChI=1S/C6H2Cl4O2/c7-1-2(8)5(11)4(10)6(12)3(1)9/h11-12H. The topological polar surface area (TPSA) is 40.5 Å². The maximum atomic E-state index is 9.13. The van der Waals surface area contributed by atoms with E-state index in [1.165, 1.54) is 0 Å². The highest BCUT2D eigenvalue weighted by atomic mass is 35.5. The minimum atomic E-state index is -0.481. The number of hydrogen-bond donors (Lipinski definition) is 2. The molecule has 12 heavy (non-hydrogen) atoms. The molecule has 1 aromatic carbocycles. The number of phenols is 2. The van der Waals surface area contributed by atoms with Gasteiger partial charge >= 0.3 is 0 Å². The van der Waals surface area contributed by atoms with Gasteiger partial charge in [-0.1, -0.05) is 46.4 Å². The second kappa shape index (κ2) is 3.38. The van der Waals surface area contributed by atoms with Crippen molar-refractivity contribution in [3.63, 3.8) is 0 Å². The van der Waals surface area contributed by atoms with E-state index in [2.05, 4.69) is 0 Å². The first-order chi connectivity index (χ1) is 5.46. The van der Waals surface area contributed by atoms with Crippen molar-refractivity contribution >= 4 is 46.4 Å². The number of rotatable bonds is 0. The monoisotopic (exact) mass is 246 g/mol. The van der Waals surface area contributed by atoms with Crippen LogP contribution >= 0.6 is 46.4 Å². The number of aromatic hydroxyl groups is 2. The lowest BCUT2D eigenvalue weighted by atomic mass is 10.3. The lowest BCUT2D eigenvalue weighted by Gasteiger charge is -2.06. The van der Waals surface area contributed by atoms with E-state index in [0.29, 0.717) is 0 Å². The maximum absolute atomic E-state index is 9.13. The SMILES string of the molecule is Oc1c(Cl)c(O)c(Cl)c(Cl)c1Cl. The van der Waals surface area contributed by atoms with E-state index in [1.54, 1.807) is 0 Å². The van der Waals surface area contributed by atoms with E-state index < -0.39 is 11.5 Å². The fourth-order valence-corrected chi connectivity index (χ4v) is 1.50. The summed E-state index contributed by atoms with van der Waals surface area (Å²) in [7, 11) is 0. The molecule has 0 unspecified atom stereocenters. The van der Waals surface area contributed by atoms with Crippen LogP contribution in [0.1, 0.15) is 0 Å². The Hall–Kier alpha value is -0.0200. The molecule has 0 atom stereocenters. The predicted octanol–water partition coefficient (Wildman–Crippen LogP) is 3.71. The third-order valence-corrected chi connectivity index (χ3v) is 2.88. The first-order valence-electron chi connectivity index (χ1n) is 2.70. The average Bonchev–Trinajstić information content (AvgIpc) is 2.08. The molecule has 2 nitrogen and oxygen atoms in total. The zero-order chi connectivity index (χ0) is 9.46. The highest BCUT2D eigenvalue weighted by molar-refractivity contribution is 6.51. The molecule has 0 bridgehead atoms. The maximum Gasteiger partial charge on any atom is 0.158 e. The fourth-order valence-electron chi connectivity index (χ4n) is 0.609. The summed E-state index contributed by atoms with van der Waals surface area (Å²) < 4.78 is 0. The Bertz CT molecular complexity index is 232. The second-order valence-electron chi connectivity index (χ2n) is 1.95. The third kappa shape index (κ3) is 1.40. The molecule has 0 heterocycles. The van der Waals surface area contributed by atoms with Gasteiger partial charge < -0.3 is 10.2 Å². The molecule has 66 valence electrons. The van der Waals surface area contributed by atoms with Gasteiger partial charge in [0.1, 0.15) is 15.1 Å². The average molecular weight is 248 g/mol. The molecule has 0 aliphatic carbocycles. The highest BCUT2D eigenvalue weighted by Gasteiger charge is 2.18.